The van der Waals surface area contributed by atoms with Crippen molar-refractivity contribution in [3.63, 3.8) is 0 Å². The Bertz CT molecular complexity index is 882. The number of halogens is 1. The van der Waals surface area contributed by atoms with E-state index < -0.39 is 18.0 Å². The first-order valence-corrected chi connectivity index (χ1v) is 8.55. The number of methoxy groups -OCH3 is 1. The second-order valence-corrected chi connectivity index (χ2v) is 6.32. The first-order chi connectivity index (χ1) is 13.0. The molecule has 0 saturated carbocycles. The van der Waals surface area contributed by atoms with Crippen molar-refractivity contribution in [3.05, 3.63) is 58.6 Å². The van der Waals surface area contributed by atoms with E-state index in [2.05, 4.69) is 15.4 Å². The maximum absolute atomic E-state index is 12.4. The van der Waals surface area contributed by atoms with E-state index in [-0.39, 0.29) is 12.5 Å². The number of carbonyl (C=O) groups is 3. The molecule has 3 rings (SSSR count). The zero-order chi connectivity index (χ0) is 19.4. The quantitative estimate of drug-likeness (QED) is 0.766. The molecule has 1 aliphatic rings. The average molecular weight is 389 g/mol. The molecule has 2 amide bonds. The van der Waals surface area contributed by atoms with E-state index in [4.69, 9.17) is 16.3 Å². The minimum Gasteiger partial charge on any atom is -0.480 e. The molecule has 7 nitrogen and oxygen atoms in total. The number of carbonyl (C=O) groups excluding carboxylic acids is 3. The summed E-state index contributed by atoms with van der Waals surface area (Å²) in [7, 11) is 1.24. The van der Waals surface area contributed by atoms with Crippen LogP contribution in [0.4, 0.5) is 5.69 Å². The minimum absolute atomic E-state index is 0.211. The first-order valence-electron chi connectivity index (χ1n) is 8.17. The lowest BCUT2D eigenvalue weighted by molar-refractivity contribution is -0.139. The van der Waals surface area contributed by atoms with E-state index >= 15 is 0 Å². The van der Waals surface area contributed by atoms with E-state index in [1.807, 2.05) is 0 Å². The maximum Gasteiger partial charge on any atom is 0.325 e. The van der Waals surface area contributed by atoms with Crippen LogP contribution in [0.3, 0.4) is 0 Å². The maximum atomic E-state index is 12.4. The van der Waals surface area contributed by atoms with Crippen LogP contribution in [0.5, 0.6) is 5.75 Å². The van der Waals surface area contributed by atoms with Gasteiger partial charge in [-0.2, -0.15) is 0 Å². The van der Waals surface area contributed by atoms with Crippen LogP contribution in [0.1, 0.15) is 15.9 Å². The number of benzene rings is 2. The number of esters is 1. The van der Waals surface area contributed by atoms with Gasteiger partial charge in [0.1, 0.15) is 12.3 Å². The summed E-state index contributed by atoms with van der Waals surface area (Å²) in [5.74, 6) is -0.585. The number of rotatable bonds is 5. The molecule has 1 heterocycles. The fraction of sp³-hybridized carbons (Fsp3) is 0.211. The lowest BCUT2D eigenvalue weighted by Gasteiger charge is -2.12. The predicted octanol–water partition coefficient (Wildman–Crippen LogP) is 2.18. The lowest BCUT2D eigenvalue weighted by Crippen LogP contribution is -2.31. The first kappa shape index (κ1) is 18.7. The van der Waals surface area contributed by atoms with Gasteiger partial charge in [0.2, 0.25) is 0 Å². The molecular weight excluding hydrogens is 372 g/mol. The smallest absolute Gasteiger partial charge is 0.325 e. The molecule has 0 unspecified atom stereocenters. The van der Waals surface area contributed by atoms with Gasteiger partial charge < -0.3 is 20.1 Å². The molecule has 27 heavy (non-hydrogen) atoms. The van der Waals surface area contributed by atoms with Gasteiger partial charge in [0.05, 0.1) is 7.11 Å². The zero-order valence-electron chi connectivity index (χ0n) is 14.5. The number of hydrogen-bond acceptors (Lipinski definition) is 5. The number of amides is 2. The van der Waals surface area contributed by atoms with Crippen LogP contribution in [0.25, 0.3) is 0 Å². The van der Waals surface area contributed by atoms with Crippen molar-refractivity contribution in [2.24, 2.45) is 0 Å². The number of ether oxygens (including phenoxy) is 2. The van der Waals surface area contributed by atoms with Crippen LogP contribution in [-0.2, 0) is 20.7 Å². The Labute approximate surface area is 160 Å². The fourth-order valence-electron chi connectivity index (χ4n) is 2.62. The summed E-state index contributed by atoms with van der Waals surface area (Å²) < 4.78 is 10.1. The normalized spacial score (nSPS) is 14.7. The van der Waals surface area contributed by atoms with Gasteiger partial charge in [0, 0.05) is 22.7 Å². The molecule has 1 aliphatic heterocycles. The third-order valence-electron chi connectivity index (χ3n) is 4.03. The predicted molar refractivity (Wildman–Crippen MR) is 99.0 cm³/mol. The highest BCUT2D eigenvalue weighted by Gasteiger charge is 2.29. The van der Waals surface area contributed by atoms with Crippen LogP contribution in [0.15, 0.2) is 42.5 Å². The van der Waals surface area contributed by atoms with Crippen LogP contribution in [0.2, 0.25) is 5.02 Å². The van der Waals surface area contributed by atoms with Gasteiger partial charge in [-0.15, -0.1) is 0 Å². The Kier molecular flexibility index (Phi) is 5.61. The van der Waals surface area contributed by atoms with Crippen LogP contribution in [-0.4, -0.2) is 37.5 Å². The molecule has 0 saturated heterocycles. The Morgan fingerprint density at radius 3 is 2.63 bits per heavy atom. The summed E-state index contributed by atoms with van der Waals surface area (Å²) in [4.78, 5) is 35.4. The molecule has 8 heteroatoms. The molecular formula is C19H17ClN2O5. The molecule has 0 radical (unpaired) electrons. The largest absolute Gasteiger partial charge is 0.480 e. The zero-order valence-corrected chi connectivity index (χ0v) is 15.2. The summed E-state index contributed by atoms with van der Waals surface area (Å²) in [6.45, 7) is -0.211. The average Bonchev–Trinajstić information content (AvgIpc) is 3.09. The van der Waals surface area contributed by atoms with Crippen LogP contribution >= 0.6 is 11.6 Å². The molecule has 0 aromatic heterocycles. The summed E-state index contributed by atoms with van der Waals surface area (Å²) in [5.41, 5.74) is 1.78. The number of anilines is 1. The molecule has 1 atom stereocenters. The molecule has 2 aromatic rings. The SMILES string of the molecule is COC(=O)CNC(=O)c1ccc(NC(=O)[C@H]2Cc3cc(Cl)ccc3O2)cc1. The van der Waals surface area contributed by atoms with Crippen molar-refractivity contribution in [2.75, 3.05) is 19.0 Å². The Morgan fingerprint density at radius 1 is 1.19 bits per heavy atom. The molecule has 2 N–H and O–H groups in total. The van der Waals surface area contributed by atoms with Crippen molar-refractivity contribution in [1.82, 2.24) is 5.32 Å². The number of nitrogens with one attached hydrogen (secondary N) is 2. The second-order valence-electron chi connectivity index (χ2n) is 5.89. The van der Waals surface area contributed by atoms with Crippen molar-refractivity contribution < 1.29 is 23.9 Å². The topological polar surface area (TPSA) is 93.7 Å². The third-order valence-corrected chi connectivity index (χ3v) is 4.26. The molecule has 0 spiro atoms. The summed E-state index contributed by atoms with van der Waals surface area (Å²) >= 11 is 5.95. The van der Waals surface area contributed by atoms with E-state index in [9.17, 15) is 14.4 Å². The van der Waals surface area contributed by atoms with Crippen molar-refractivity contribution in [3.8, 4) is 5.75 Å². The summed E-state index contributed by atoms with van der Waals surface area (Å²) in [5, 5.41) is 5.79. The van der Waals surface area contributed by atoms with Gasteiger partial charge in [-0.05, 0) is 48.0 Å². The molecule has 0 aliphatic carbocycles. The van der Waals surface area contributed by atoms with E-state index in [1.54, 1.807) is 42.5 Å². The molecule has 0 fully saturated rings. The third kappa shape index (κ3) is 4.57. The van der Waals surface area contributed by atoms with Gasteiger partial charge in [-0.1, -0.05) is 11.6 Å². The van der Waals surface area contributed by atoms with Gasteiger partial charge >= 0.3 is 5.97 Å². The highest BCUT2D eigenvalue weighted by molar-refractivity contribution is 6.30. The minimum atomic E-state index is -0.638. The highest BCUT2D eigenvalue weighted by atomic mass is 35.5. The van der Waals surface area contributed by atoms with Crippen LogP contribution in [0, 0.1) is 0 Å². The van der Waals surface area contributed by atoms with E-state index in [0.717, 1.165) is 5.56 Å². The highest BCUT2D eigenvalue weighted by Crippen LogP contribution is 2.31. The van der Waals surface area contributed by atoms with Gasteiger partial charge in [-0.3, -0.25) is 14.4 Å². The molecule has 2 aromatic carbocycles. The van der Waals surface area contributed by atoms with Gasteiger partial charge in [0.15, 0.2) is 6.10 Å². The van der Waals surface area contributed by atoms with Crippen LogP contribution < -0.4 is 15.4 Å². The van der Waals surface area contributed by atoms with Crippen molar-refractivity contribution in [2.45, 2.75) is 12.5 Å². The number of hydrogen-bond donors (Lipinski definition) is 2. The van der Waals surface area contributed by atoms with E-state index in [1.165, 1.54) is 7.11 Å². The summed E-state index contributed by atoms with van der Waals surface area (Å²) in [6, 6.07) is 11.5. The molecule has 140 valence electrons. The Morgan fingerprint density at radius 2 is 1.93 bits per heavy atom. The summed E-state index contributed by atoms with van der Waals surface area (Å²) in [6.07, 6.45) is -0.197. The second kappa shape index (κ2) is 8.09. The lowest BCUT2D eigenvalue weighted by atomic mass is 10.1. The Hall–Kier alpha value is -3.06. The fourth-order valence-corrected chi connectivity index (χ4v) is 2.81. The van der Waals surface area contributed by atoms with Gasteiger partial charge in [0.25, 0.3) is 11.8 Å². The molecule has 0 bridgehead atoms. The monoisotopic (exact) mass is 388 g/mol. The number of fused-ring (bicyclic) bond motifs is 1. The Balaban J connectivity index is 1.56. The van der Waals surface area contributed by atoms with Crippen molar-refractivity contribution >= 4 is 35.1 Å². The van der Waals surface area contributed by atoms with E-state index in [0.29, 0.717) is 28.4 Å². The standard InChI is InChI=1S/C19H17ClN2O5/c1-26-17(23)10-21-18(24)11-2-5-14(6-3-11)22-19(25)16-9-12-8-13(20)4-7-15(12)27-16/h2-8,16H,9-10H2,1H3,(H,21,24)(H,22,25)/t16-/m1/s1. The van der Waals surface area contributed by atoms with Gasteiger partial charge in [-0.25, -0.2) is 0 Å². The van der Waals surface area contributed by atoms with Crippen molar-refractivity contribution in [1.29, 1.82) is 0 Å².